The summed E-state index contributed by atoms with van der Waals surface area (Å²) in [6.45, 7) is 5.98. The van der Waals surface area contributed by atoms with Gasteiger partial charge in [0, 0.05) is 7.05 Å². The second-order valence-corrected chi connectivity index (χ2v) is 5.86. The highest BCUT2D eigenvalue weighted by Crippen LogP contribution is 2.22. The molecule has 25 heavy (non-hydrogen) atoms. The second kappa shape index (κ2) is 6.73. The van der Waals surface area contributed by atoms with E-state index in [1.807, 2.05) is 64.2 Å². The summed E-state index contributed by atoms with van der Waals surface area (Å²) in [5.74, 6) is 0. The quantitative estimate of drug-likeness (QED) is 0.688. The van der Waals surface area contributed by atoms with Crippen molar-refractivity contribution in [3.8, 4) is 11.8 Å². The number of benzene rings is 1. The molecular weight excluding hydrogens is 312 g/mol. The van der Waals surface area contributed by atoms with Crippen LogP contribution < -0.4 is 0 Å². The van der Waals surface area contributed by atoms with Crippen molar-refractivity contribution in [1.29, 1.82) is 5.26 Å². The van der Waals surface area contributed by atoms with Crippen molar-refractivity contribution in [2.75, 3.05) is 0 Å². The lowest BCUT2D eigenvalue weighted by atomic mass is 10.1. The molecule has 0 saturated heterocycles. The maximum absolute atomic E-state index is 9.70. The summed E-state index contributed by atoms with van der Waals surface area (Å²) < 4.78 is 1.79. The Labute approximate surface area is 147 Å². The van der Waals surface area contributed by atoms with Gasteiger partial charge in [0.25, 0.3) is 0 Å². The molecule has 0 fully saturated rings. The van der Waals surface area contributed by atoms with Crippen LogP contribution in [0.15, 0.2) is 30.3 Å². The monoisotopic (exact) mass is 332 g/mol. The summed E-state index contributed by atoms with van der Waals surface area (Å²) in [5.41, 5.74) is 5.70. The van der Waals surface area contributed by atoms with Crippen LogP contribution in [0.1, 0.15) is 35.3 Å². The van der Waals surface area contributed by atoms with E-state index in [1.54, 1.807) is 9.48 Å². The van der Waals surface area contributed by atoms with Crippen LogP contribution in [0.4, 0.5) is 0 Å². The van der Waals surface area contributed by atoms with E-state index in [-0.39, 0.29) is 0 Å². The zero-order chi connectivity index (χ0) is 18.0. The third-order valence-corrected chi connectivity index (χ3v) is 4.24. The van der Waals surface area contributed by atoms with Crippen molar-refractivity contribution in [2.24, 2.45) is 7.05 Å². The molecule has 126 valence electrons. The normalized spacial score (nSPS) is 11.6. The van der Waals surface area contributed by atoms with Crippen LogP contribution in [0.5, 0.6) is 0 Å². The highest BCUT2D eigenvalue weighted by atomic mass is 15.5. The molecule has 6 nitrogen and oxygen atoms in total. The van der Waals surface area contributed by atoms with Crippen LogP contribution in [0, 0.1) is 25.2 Å². The van der Waals surface area contributed by atoms with Crippen molar-refractivity contribution in [1.82, 2.24) is 24.8 Å². The summed E-state index contributed by atoms with van der Waals surface area (Å²) in [7, 11) is 1.88. The molecule has 2 aromatic heterocycles. The molecule has 0 aliphatic rings. The molecule has 0 N–H and O–H groups in total. The molecule has 1 aromatic carbocycles. The number of para-hydroxylation sites is 1. The zero-order valence-electron chi connectivity index (χ0n) is 14.9. The first-order chi connectivity index (χ1) is 12.0. The molecule has 0 atom stereocenters. The molecule has 0 spiro atoms. The molecule has 6 heteroatoms. The average Bonchev–Trinajstić information content (AvgIpc) is 3.16. The predicted molar refractivity (Wildman–Crippen MR) is 96.9 cm³/mol. The summed E-state index contributed by atoms with van der Waals surface area (Å²) >= 11 is 0. The third kappa shape index (κ3) is 3.09. The van der Waals surface area contributed by atoms with E-state index in [0.717, 1.165) is 28.3 Å². The van der Waals surface area contributed by atoms with Crippen LogP contribution in [0.3, 0.4) is 0 Å². The first kappa shape index (κ1) is 16.7. The highest BCUT2D eigenvalue weighted by molar-refractivity contribution is 5.89. The van der Waals surface area contributed by atoms with Gasteiger partial charge in [-0.1, -0.05) is 25.1 Å². The van der Waals surface area contributed by atoms with E-state index in [2.05, 4.69) is 21.4 Å². The standard InChI is InChI=1S/C19H20N6/c1-5-17-19(23-25(22-17)16-9-7-6-8-10-16)15(12-20)11-18-13(2)14(3)21-24(18)4/h6-11H,5H2,1-4H3. The Kier molecular flexibility index (Phi) is 4.48. The molecule has 0 bridgehead atoms. The second-order valence-electron chi connectivity index (χ2n) is 5.86. The highest BCUT2D eigenvalue weighted by Gasteiger charge is 2.17. The Hall–Kier alpha value is -3.20. The molecule has 3 rings (SSSR count). The maximum Gasteiger partial charge on any atom is 0.127 e. The Morgan fingerprint density at radius 1 is 1.16 bits per heavy atom. The molecule has 0 amide bonds. The van der Waals surface area contributed by atoms with Crippen molar-refractivity contribution >= 4 is 11.6 Å². The summed E-state index contributed by atoms with van der Waals surface area (Å²) in [5, 5.41) is 23.2. The molecule has 0 radical (unpaired) electrons. The number of hydrogen-bond acceptors (Lipinski definition) is 4. The smallest absolute Gasteiger partial charge is 0.127 e. The Bertz CT molecular complexity index is 970. The van der Waals surface area contributed by atoms with E-state index in [1.165, 1.54) is 0 Å². The van der Waals surface area contributed by atoms with Gasteiger partial charge in [-0.05, 0) is 44.0 Å². The minimum Gasteiger partial charge on any atom is -0.268 e. The van der Waals surface area contributed by atoms with Crippen LogP contribution in [-0.4, -0.2) is 24.8 Å². The van der Waals surface area contributed by atoms with Gasteiger partial charge in [0.05, 0.1) is 28.3 Å². The Morgan fingerprint density at radius 2 is 1.88 bits per heavy atom. The van der Waals surface area contributed by atoms with Gasteiger partial charge in [-0.25, -0.2) is 0 Å². The van der Waals surface area contributed by atoms with Gasteiger partial charge < -0.3 is 0 Å². The minimum absolute atomic E-state index is 0.491. The molecule has 2 heterocycles. The van der Waals surface area contributed by atoms with Gasteiger partial charge in [0.15, 0.2) is 0 Å². The number of rotatable bonds is 4. The lowest BCUT2D eigenvalue weighted by Gasteiger charge is -2.00. The van der Waals surface area contributed by atoms with Crippen molar-refractivity contribution in [3.05, 3.63) is 58.7 Å². The fourth-order valence-corrected chi connectivity index (χ4v) is 2.73. The van der Waals surface area contributed by atoms with E-state index in [0.29, 0.717) is 17.7 Å². The van der Waals surface area contributed by atoms with Crippen molar-refractivity contribution < 1.29 is 0 Å². The molecule has 0 unspecified atom stereocenters. The number of aryl methyl sites for hydroxylation is 3. The zero-order valence-corrected chi connectivity index (χ0v) is 14.9. The van der Waals surface area contributed by atoms with Crippen LogP contribution in [0.25, 0.3) is 17.3 Å². The van der Waals surface area contributed by atoms with Gasteiger partial charge in [0.2, 0.25) is 0 Å². The van der Waals surface area contributed by atoms with E-state index < -0.39 is 0 Å². The number of allylic oxidation sites excluding steroid dienone is 1. The number of nitrogens with zero attached hydrogens (tertiary/aromatic N) is 6. The maximum atomic E-state index is 9.70. The molecular formula is C19H20N6. The first-order valence-electron chi connectivity index (χ1n) is 8.19. The van der Waals surface area contributed by atoms with Crippen molar-refractivity contribution in [2.45, 2.75) is 27.2 Å². The van der Waals surface area contributed by atoms with Crippen LogP contribution in [0.2, 0.25) is 0 Å². The summed E-state index contributed by atoms with van der Waals surface area (Å²) in [4.78, 5) is 1.58. The average molecular weight is 332 g/mol. The number of aromatic nitrogens is 5. The van der Waals surface area contributed by atoms with Crippen molar-refractivity contribution in [3.63, 3.8) is 0 Å². The van der Waals surface area contributed by atoms with Crippen LogP contribution >= 0.6 is 0 Å². The van der Waals surface area contributed by atoms with E-state index in [9.17, 15) is 5.26 Å². The first-order valence-corrected chi connectivity index (χ1v) is 8.19. The lowest BCUT2D eigenvalue weighted by Crippen LogP contribution is -1.99. The SMILES string of the molecule is CCc1nn(-c2ccccc2)nc1C(C#N)=Cc1c(C)c(C)nn1C. The van der Waals surface area contributed by atoms with Crippen LogP contribution in [-0.2, 0) is 13.5 Å². The lowest BCUT2D eigenvalue weighted by molar-refractivity contribution is 0.738. The van der Waals surface area contributed by atoms with Gasteiger partial charge in [-0.2, -0.15) is 20.3 Å². The summed E-state index contributed by atoms with van der Waals surface area (Å²) in [6.07, 6.45) is 2.54. The third-order valence-electron chi connectivity index (χ3n) is 4.24. The van der Waals surface area contributed by atoms with E-state index in [4.69, 9.17) is 0 Å². The molecule has 0 aliphatic carbocycles. The molecule has 0 aliphatic heterocycles. The van der Waals surface area contributed by atoms with Gasteiger partial charge in [-0.15, -0.1) is 5.10 Å². The van der Waals surface area contributed by atoms with E-state index >= 15 is 0 Å². The molecule has 3 aromatic rings. The topological polar surface area (TPSA) is 72.3 Å². The minimum atomic E-state index is 0.491. The van der Waals surface area contributed by atoms with Gasteiger partial charge >= 0.3 is 0 Å². The predicted octanol–water partition coefficient (Wildman–Crippen LogP) is 3.24. The van der Waals surface area contributed by atoms with Gasteiger partial charge in [0.1, 0.15) is 11.8 Å². The van der Waals surface area contributed by atoms with Gasteiger partial charge in [-0.3, -0.25) is 4.68 Å². The fraction of sp³-hybridized carbons (Fsp3) is 0.263. The number of hydrogen-bond donors (Lipinski definition) is 0. The fourth-order valence-electron chi connectivity index (χ4n) is 2.73. The summed E-state index contributed by atoms with van der Waals surface area (Å²) in [6, 6.07) is 12.0. The number of nitriles is 1. The largest absolute Gasteiger partial charge is 0.268 e. The Balaban J connectivity index is 2.12. The Morgan fingerprint density at radius 3 is 2.44 bits per heavy atom. The molecule has 0 saturated carbocycles.